The molecule has 88 valence electrons. The van der Waals surface area contributed by atoms with Gasteiger partial charge in [0.25, 0.3) is 0 Å². The van der Waals surface area contributed by atoms with E-state index in [1.165, 1.54) is 0 Å². The van der Waals surface area contributed by atoms with Crippen molar-refractivity contribution in [3.8, 4) is 0 Å². The molecule has 0 spiro atoms. The van der Waals surface area contributed by atoms with E-state index in [9.17, 15) is 4.79 Å². The average Bonchev–Trinajstić information content (AvgIpc) is 2.27. The fraction of sp³-hybridized carbons (Fsp3) is 0.417. The van der Waals surface area contributed by atoms with Crippen molar-refractivity contribution in [2.24, 2.45) is 5.92 Å². The Balaban J connectivity index is 0.00000225. The summed E-state index contributed by atoms with van der Waals surface area (Å²) in [5.41, 5.74) is 0.619. The number of carbonyl (C=O) groups excluding carboxylic acids is 1. The van der Waals surface area contributed by atoms with E-state index in [0.717, 1.165) is 0 Å². The van der Waals surface area contributed by atoms with E-state index in [1.807, 2.05) is 25.1 Å². The van der Waals surface area contributed by atoms with E-state index in [1.54, 1.807) is 12.1 Å². The van der Waals surface area contributed by atoms with Gasteiger partial charge in [-0.3, -0.25) is 0 Å². The molecule has 0 heterocycles. The number of carbonyl (C=O) groups is 1. The van der Waals surface area contributed by atoms with Crippen molar-refractivity contribution >= 4 is 5.91 Å². The van der Waals surface area contributed by atoms with Gasteiger partial charge in [-0.05, 0) is 12.0 Å². The van der Waals surface area contributed by atoms with Gasteiger partial charge in [0.05, 0.1) is 5.91 Å². The van der Waals surface area contributed by atoms with E-state index < -0.39 is 0 Å². The third-order valence-electron chi connectivity index (χ3n) is 2.19. The molecule has 0 aromatic heterocycles. The Hall–Kier alpha value is -0.662. The van der Waals surface area contributed by atoms with Crippen LogP contribution >= 0.6 is 0 Å². The quantitative estimate of drug-likeness (QED) is 0.839. The molecule has 3 nitrogen and oxygen atoms in total. The van der Waals surface area contributed by atoms with Crippen molar-refractivity contribution in [3.05, 3.63) is 41.2 Å². The largest absolute Gasteiger partial charge is 0.649 e. The maximum absolute atomic E-state index is 11.5. The molecular weight excluding hydrogens is 374 g/mol. The van der Waals surface area contributed by atoms with Crippen molar-refractivity contribution in [2.45, 2.75) is 13.3 Å². The molecular formula is C12H16NO2W-. The van der Waals surface area contributed by atoms with Crippen LogP contribution in [0.5, 0.6) is 0 Å². The normalized spacial score (nSPS) is 11.4. The Labute approximate surface area is 111 Å². The van der Waals surface area contributed by atoms with Gasteiger partial charge in [-0.1, -0.05) is 43.2 Å². The number of nitrogens with zero attached hydrogens (tertiary/aromatic N) is 1. The van der Waals surface area contributed by atoms with Gasteiger partial charge in [-0.15, -0.1) is 6.54 Å². The zero-order valence-electron chi connectivity index (χ0n) is 9.30. The third kappa shape index (κ3) is 5.43. The van der Waals surface area contributed by atoms with Crippen LogP contribution in [-0.4, -0.2) is 24.2 Å². The molecule has 0 radical (unpaired) electrons. The molecule has 0 aliphatic carbocycles. The van der Waals surface area contributed by atoms with Crippen LogP contribution in [-0.2, 0) is 21.1 Å². The molecule has 0 fully saturated rings. The first kappa shape index (κ1) is 15.3. The van der Waals surface area contributed by atoms with E-state index in [2.05, 4.69) is 5.32 Å². The van der Waals surface area contributed by atoms with Crippen LogP contribution in [0.15, 0.2) is 30.3 Å². The number of benzene rings is 1. The molecule has 1 rings (SSSR count). The Bertz CT molecular complexity index is 303. The number of aliphatic hydroxyl groups excluding tert-OH is 1. The van der Waals surface area contributed by atoms with Crippen molar-refractivity contribution in [1.29, 1.82) is 0 Å². The molecule has 0 aliphatic heterocycles. The topological polar surface area (TPSA) is 51.4 Å². The van der Waals surface area contributed by atoms with Crippen LogP contribution in [0.25, 0.3) is 5.32 Å². The third-order valence-corrected chi connectivity index (χ3v) is 2.19. The van der Waals surface area contributed by atoms with Crippen molar-refractivity contribution < 1.29 is 31.0 Å². The molecule has 16 heavy (non-hydrogen) atoms. The summed E-state index contributed by atoms with van der Waals surface area (Å²) in [6.07, 6.45) is 0.686. The van der Waals surface area contributed by atoms with E-state index >= 15 is 0 Å². The van der Waals surface area contributed by atoms with Crippen LogP contribution in [0, 0.1) is 5.92 Å². The SMILES string of the molecule is CC(CCO)C[N-]C(=O)c1ccccc1.[W]. The average molecular weight is 390 g/mol. The first-order chi connectivity index (χ1) is 7.24. The molecule has 1 aromatic rings. The molecule has 1 aromatic carbocycles. The van der Waals surface area contributed by atoms with E-state index in [-0.39, 0.29) is 39.5 Å². The minimum Gasteiger partial charge on any atom is -0.649 e. The molecule has 1 atom stereocenters. The zero-order valence-corrected chi connectivity index (χ0v) is 12.2. The number of hydrogen-bond donors (Lipinski definition) is 1. The van der Waals surface area contributed by atoms with Gasteiger partial charge >= 0.3 is 0 Å². The smallest absolute Gasteiger partial charge is 0.0820 e. The van der Waals surface area contributed by atoms with Crippen molar-refractivity contribution in [2.75, 3.05) is 13.2 Å². The van der Waals surface area contributed by atoms with E-state index in [4.69, 9.17) is 5.11 Å². The summed E-state index contributed by atoms with van der Waals surface area (Å²) in [6, 6.07) is 9.01. The predicted octanol–water partition coefficient (Wildman–Crippen LogP) is 2.22. The molecule has 0 aliphatic rings. The van der Waals surface area contributed by atoms with Gasteiger partial charge in [0.1, 0.15) is 0 Å². The predicted molar refractivity (Wildman–Crippen MR) is 59.9 cm³/mol. The Morgan fingerprint density at radius 2 is 2.00 bits per heavy atom. The Morgan fingerprint density at radius 3 is 2.56 bits per heavy atom. The van der Waals surface area contributed by atoms with Crippen LogP contribution in [0.2, 0.25) is 0 Å². The van der Waals surface area contributed by atoms with Gasteiger partial charge in [0.2, 0.25) is 0 Å². The Morgan fingerprint density at radius 1 is 1.38 bits per heavy atom. The van der Waals surface area contributed by atoms with Gasteiger partial charge in [-0.25, -0.2) is 0 Å². The van der Waals surface area contributed by atoms with Crippen molar-refractivity contribution in [3.63, 3.8) is 0 Å². The monoisotopic (exact) mass is 390 g/mol. The Kier molecular flexibility index (Phi) is 8.13. The molecule has 1 amide bonds. The zero-order chi connectivity index (χ0) is 11.1. The maximum atomic E-state index is 11.5. The van der Waals surface area contributed by atoms with Crippen LogP contribution in [0.4, 0.5) is 0 Å². The second-order valence-corrected chi connectivity index (χ2v) is 3.63. The van der Waals surface area contributed by atoms with Crippen LogP contribution in [0.3, 0.4) is 0 Å². The summed E-state index contributed by atoms with van der Waals surface area (Å²) in [4.78, 5) is 11.5. The summed E-state index contributed by atoms with van der Waals surface area (Å²) in [5.74, 6) is 0.0723. The van der Waals surface area contributed by atoms with Crippen LogP contribution < -0.4 is 0 Å². The number of hydrogen-bond acceptors (Lipinski definition) is 2. The van der Waals surface area contributed by atoms with Gasteiger partial charge in [-0.2, -0.15) is 0 Å². The molecule has 1 unspecified atom stereocenters. The minimum absolute atomic E-state index is 0. The minimum atomic E-state index is -0.180. The number of amides is 1. The van der Waals surface area contributed by atoms with Gasteiger partial charge in [0.15, 0.2) is 0 Å². The summed E-state index contributed by atoms with van der Waals surface area (Å²) in [5, 5.41) is 12.7. The van der Waals surface area contributed by atoms with Crippen molar-refractivity contribution in [1.82, 2.24) is 0 Å². The second-order valence-electron chi connectivity index (χ2n) is 3.63. The summed E-state index contributed by atoms with van der Waals surface area (Å²) in [6.45, 7) is 2.60. The van der Waals surface area contributed by atoms with Gasteiger partial charge < -0.3 is 15.2 Å². The summed E-state index contributed by atoms with van der Waals surface area (Å²) < 4.78 is 0. The number of aliphatic hydroxyl groups is 1. The van der Waals surface area contributed by atoms with E-state index in [0.29, 0.717) is 18.5 Å². The second kappa shape index (κ2) is 8.49. The fourth-order valence-corrected chi connectivity index (χ4v) is 1.22. The number of rotatable bonds is 5. The summed E-state index contributed by atoms with van der Waals surface area (Å²) >= 11 is 0. The maximum Gasteiger partial charge on any atom is 0.0820 e. The first-order valence-corrected chi connectivity index (χ1v) is 5.11. The molecule has 0 saturated carbocycles. The molecule has 0 saturated heterocycles. The summed E-state index contributed by atoms with van der Waals surface area (Å²) in [7, 11) is 0. The molecule has 0 bridgehead atoms. The molecule has 4 heteroatoms. The fourth-order valence-electron chi connectivity index (χ4n) is 1.22. The first-order valence-electron chi connectivity index (χ1n) is 5.11. The van der Waals surface area contributed by atoms with Crippen LogP contribution in [0.1, 0.15) is 23.7 Å². The van der Waals surface area contributed by atoms with Gasteiger partial charge in [0, 0.05) is 27.7 Å². The molecule has 1 N–H and O–H groups in total. The standard InChI is InChI=1S/C12H17NO2.W/c1-10(7-8-14)9-13-12(15)11-5-3-2-4-6-11;/h2-6,10,14H,7-9H2,1H3,(H,13,15);/p-1.